The molecule has 2 aromatic rings. The van der Waals surface area contributed by atoms with Crippen molar-refractivity contribution < 1.29 is 23.8 Å². The van der Waals surface area contributed by atoms with Gasteiger partial charge in [0.25, 0.3) is 0 Å². The Bertz CT molecular complexity index is 813. The average Bonchev–Trinajstić information content (AvgIpc) is 3.07. The second-order valence-electron chi connectivity index (χ2n) is 6.89. The van der Waals surface area contributed by atoms with E-state index in [4.69, 9.17) is 4.74 Å². The molecule has 1 fully saturated rings. The molecule has 1 aliphatic heterocycles. The van der Waals surface area contributed by atoms with Gasteiger partial charge >= 0.3 is 12.1 Å². The van der Waals surface area contributed by atoms with Crippen LogP contribution >= 0.6 is 0 Å². The summed E-state index contributed by atoms with van der Waals surface area (Å²) in [4.78, 5) is 27.0. The molecule has 1 aromatic carbocycles. The number of benzene rings is 1. The lowest BCUT2D eigenvalue weighted by Gasteiger charge is -2.43. The van der Waals surface area contributed by atoms with Gasteiger partial charge in [-0.2, -0.15) is 5.10 Å². The van der Waals surface area contributed by atoms with Crippen molar-refractivity contribution in [1.29, 1.82) is 0 Å². The van der Waals surface area contributed by atoms with Crippen LogP contribution in [0.5, 0.6) is 0 Å². The van der Waals surface area contributed by atoms with Gasteiger partial charge in [0.1, 0.15) is 6.61 Å². The highest BCUT2D eigenvalue weighted by Gasteiger charge is 2.35. The molecule has 1 amide bonds. The summed E-state index contributed by atoms with van der Waals surface area (Å²) in [5, 5.41) is 13.3. The number of esters is 1. The number of aromatic nitrogens is 2. The van der Waals surface area contributed by atoms with Gasteiger partial charge in [-0.05, 0) is 12.5 Å². The van der Waals surface area contributed by atoms with Gasteiger partial charge in [0.05, 0.1) is 25.5 Å². The van der Waals surface area contributed by atoms with Crippen LogP contribution in [0.2, 0.25) is 0 Å². The van der Waals surface area contributed by atoms with Crippen LogP contribution in [0.25, 0.3) is 0 Å². The molecule has 0 unspecified atom stereocenters. The van der Waals surface area contributed by atoms with Crippen molar-refractivity contribution >= 4 is 12.1 Å². The van der Waals surface area contributed by atoms with E-state index in [1.165, 1.54) is 15.8 Å². The molecule has 1 N–H and O–H groups in total. The molecule has 0 saturated carbocycles. The number of carboxylic acid groups (broad SMARTS) is 1. The number of piperazine rings is 1. The van der Waals surface area contributed by atoms with Crippen LogP contribution in [0, 0.1) is 5.82 Å². The van der Waals surface area contributed by atoms with Gasteiger partial charge in [0.15, 0.2) is 5.82 Å². The van der Waals surface area contributed by atoms with Crippen LogP contribution in [0.15, 0.2) is 42.7 Å². The van der Waals surface area contributed by atoms with Gasteiger partial charge in [-0.15, -0.1) is 0 Å². The molecule has 0 radical (unpaired) electrons. The van der Waals surface area contributed by atoms with Crippen molar-refractivity contribution in [1.82, 2.24) is 19.6 Å². The summed E-state index contributed by atoms with van der Waals surface area (Å²) in [6, 6.07) is 8.77. The molecule has 1 aromatic heterocycles. The van der Waals surface area contributed by atoms with Crippen LogP contribution in [-0.4, -0.2) is 68.5 Å². The Morgan fingerprint density at radius 3 is 2.68 bits per heavy atom. The van der Waals surface area contributed by atoms with Gasteiger partial charge < -0.3 is 14.7 Å². The number of amides is 1. The number of ether oxygens (including phenoxy) is 1. The molecule has 2 heterocycles. The van der Waals surface area contributed by atoms with Crippen LogP contribution < -0.4 is 0 Å². The van der Waals surface area contributed by atoms with E-state index >= 15 is 0 Å². The largest absolute Gasteiger partial charge is 0.465 e. The van der Waals surface area contributed by atoms with Gasteiger partial charge in [-0.3, -0.25) is 14.4 Å². The number of hydrogen-bond acceptors (Lipinski definition) is 5. The van der Waals surface area contributed by atoms with Crippen LogP contribution in [0.4, 0.5) is 9.18 Å². The molecule has 150 valence electrons. The highest BCUT2D eigenvalue weighted by Crippen LogP contribution is 2.17. The van der Waals surface area contributed by atoms with Crippen molar-refractivity contribution in [2.75, 3.05) is 19.6 Å². The van der Waals surface area contributed by atoms with Crippen molar-refractivity contribution in [2.45, 2.75) is 32.2 Å². The Morgan fingerprint density at radius 2 is 2.04 bits per heavy atom. The lowest BCUT2D eigenvalue weighted by Crippen LogP contribution is -2.60. The minimum Gasteiger partial charge on any atom is -0.465 e. The summed E-state index contributed by atoms with van der Waals surface area (Å²) in [6.45, 7) is 2.84. The van der Waals surface area contributed by atoms with E-state index in [2.05, 4.69) is 5.10 Å². The normalized spacial score (nSPS) is 20.1. The third-order valence-corrected chi connectivity index (χ3v) is 4.77. The van der Waals surface area contributed by atoms with E-state index in [9.17, 15) is 19.1 Å². The highest BCUT2D eigenvalue weighted by molar-refractivity contribution is 5.72. The van der Waals surface area contributed by atoms with Gasteiger partial charge in [-0.1, -0.05) is 30.3 Å². The third-order valence-electron chi connectivity index (χ3n) is 4.77. The Balaban J connectivity index is 1.64. The summed E-state index contributed by atoms with van der Waals surface area (Å²) >= 11 is 0. The van der Waals surface area contributed by atoms with E-state index < -0.39 is 17.9 Å². The number of rotatable bonds is 6. The minimum absolute atomic E-state index is 0.0268. The first-order chi connectivity index (χ1) is 13.4. The fourth-order valence-corrected chi connectivity index (χ4v) is 3.35. The predicted molar refractivity (Wildman–Crippen MR) is 98.0 cm³/mol. The molecule has 2 atom stereocenters. The Morgan fingerprint density at radius 1 is 1.29 bits per heavy atom. The van der Waals surface area contributed by atoms with Crippen molar-refractivity contribution in [2.24, 2.45) is 0 Å². The standard InChI is InChI=1S/C19H23FN4O4/c1-14-8-22(12-18(25)28-13-15-5-3-2-4-6-15)17(11-24(14)19(26)27)10-23-9-16(20)7-21-23/h2-7,9,14,17H,8,10-13H2,1H3,(H,26,27)/t14-,17+/m1/s1. The maximum absolute atomic E-state index is 13.2. The maximum Gasteiger partial charge on any atom is 0.407 e. The van der Waals surface area contributed by atoms with Gasteiger partial charge in [-0.25, -0.2) is 9.18 Å². The summed E-state index contributed by atoms with van der Waals surface area (Å²) in [5.74, 6) is -0.857. The molecule has 3 rings (SSSR count). The zero-order valence-corrected chi connectivity index (χ0v) is 15.6. The molecule has 1 saturated heterocycles. The number of nitrogens with zero attached hydrogens (tertiary/aromatic N) is 4. The molecule has 0 spiro atoms. The lowest BCUT2D eigenvalue weighted by atomic mass is 10.1. The zero-order valence-electron chi connectivity index (χ0n) is 15.6. The van der Waals surface area contributed by atoms with E-state index in [1.54, 1.807) is 6.92 Å². The summed E-state index contributed by atoms with van der Waals surface area (Å²) in [6.07, 6.45) is 1.32. The monoisotopic (exact) mass is 390 g/mol. The van der Waals surface area contributed by atoms with Crippen LogP contribution in [-0.2, 0) is 22.7 Å². The Kier molecular flexibility index (Phi) is 6.25. The van der Waals surface area contributed by atoms with Crippen LogP contribution in [0.1, 0.15) is 12.5 Å². The van der Waals surface area contributed by atoms with E-state index in [0.717, 1.165) is 11.8 Å². The van der Waals surface area contributed by atoms with Crippen molar-refractivity contribution in [3.8, 4) is 0 Å². The van der Waals surface area contributed by atoms with Gasteiger partial charge in [0, 0.05) is 25.2 Å². The molecular formula is C19H23FN4O4. The van der Waals surface area contributed by atoms with Crippen molar-refractivity contribution in [3.63, 3.8) is 0 Å². The summed E-state index contributed by atoms with van der Waals surface area (Å²) < 4.78 is 20.0. The molecule has 0 aliphatic carbocycles. The SMILES string of the molecule is C[C@@H]1CN(CC(=O)OCc2ccccc2)[C@@H](Cn2cc(F)cn2)CN1C(=O)O. The van der Waals surface area contributed by atoms with E-state index in [-0.39, 0.29) is 38.3 Å². The average molecular weight is 390 g/mol. The quantitative estimate of drug-likeness (QED) is 0.757. The Labute approximate surface area is 162 Å². The summed E-state index contributed by atoms with van der Waals surface area (Å²) in [5.41, 5.74) is 0.892. The topological polar surface area (TPSA) is 87.9 Å². The fourth-order valence-electron chi connectivity index (χ4n) is 3.35. The first kappa shape index (κ1) is 19.8. The smallest absolute Gasteiger partial charge is 0.407 e. The zero-order chi connectivity index (χ0) is 20.1. The molecular weight excluding hydrogens is 367 g/mol. The number of carbonyl (C=O) groups is 2. The van der Waals surface area contributed by atoms with Crippen LogP contribution in [0.3, 0.4) is 0 Å². The molecule has 28 heavy (non-hydrogen) atoms. The molecule has 1 aliphatic rings. The first-order valence-electron chi connectivity index (χ1n) is 9.03. The first-order valence-corrected chi connectivity index (χ1v) is 9.03. The van der Waals surface area contributed by atoms with Gasteiger partial charge in [0.2, 0.25) is 0 Å². The highest BCUT2D eigenvalue weighted by atomic mass is 19.1. The summed E-state index contributed by atoms with van der Waals surface area (Å²) in [7, 11) is 0. The molecule has 9 heteroatoms. The second-order valence-corrected chi connectivity index (χ2v) is 6.89. The fraction of sp³-hybridized carbons (Fsp3) is 0.421. The number of halogens is 1. The lowest BCUT2D eigenvalue weighted by molar-refractivity contribution is -0.148. The minimum atomic E-state index is -1.02. The predicted octanol–water partition coefficient (Wildman–Crippen LogP) is 1.82. The van der Waals surface area contributed by atoms with E-state index in [1.807, 2.05) is 35.2 Å². The second kappa shape index (κ2) is 8.83. The molecule has 8 nitrogen and oxygen atoms in total. The molecule has 0 bridgehead atoms. The van der Waals surface area contributed by atoms with Crippen molar-refractivity contribution in [3.05, 3.63) is 54.1 Å². The number of carbonyl (C=O) groups excluding carboxylic acids is 1. The third kappa shape index (κ3) is 5.07. The maximum atomic E-state index is 13.2. The Hall–Kier alpha value is -2.94. The number of hydrogen-bond donors (Lipinski definition) is 1. The van der Waals surface area contributed by atoms with E-state index in [0.29, 0.717) is 6.54 Å².